The van der Waals surface area contributed by atoms with E-state index in [-0.39, 0.29) is 11.6 Å². The minimum atomic E-state index is -0.475. The number of non-ortho nitro benzene ring substituents is 1. The first-order chi connectivity index (χ1) is 13.4. The monoisotopic (exact) mass is 382 g/mol. The van der Waals surface area contributed by atoms with Gasteiger partial charge in [-0.15, -0.1) is 0 Å². The van der Waals surface area contributed by atoms with Crippen molar-refractivity contribution in [2.75, 3.05) is 19.5 Å². The Labute approximate surface area is 160 Å². The van der Waals surface area contributed by atoms with E-state index in [0.717, 1.165) is 0 Å². The first-order valence-corrected chi connectivity index (χ1v) is 8.28. The van der Waals surface area contributed by atoms with Crippen molar-refractivity contribution in [2.24, 2.45) is 0 Å². The lowest BCUT2D eigenvalue weighted by Gasteiger charge is -2.12. The van der Waals surface area contributed by atoms with Gasteiger partial charge in [0.15, 0.2) is 0 Å². The summed E-state index contributed by atoms with van der Waals surface area (Å²) in [6.45, 7) is 1.78. The van der Waals surface area contributed by atoms with E-state index in [9.17, 15) is 14.9 Å². The van der Waals surface area contributed by atoms with Crippen LogP contribution in [0, 0.1) is 17.0 Å². The minimum Gasteiger partial charge on any atom is -0.497 e. The number of ether oxygens (including phenoxy) is 2. The van der Waals surface area contributed by atoms with E-state index in [1.54, 1.807) is 43.3 Å². The van der Waals surface area contributed by atoms with Gasteiger partial charge in [-0.2, -0.15) is 5.10 Å². The lowest BCUT2D eigenvalue weighted by Crippen LogP contribution is -2.16. The summed E-state index contributed by atoms with van der Waals surface area (Å²) >= 11 is 0. The number of anilines is 1. The molecule has 0 aliphatic heterocycles. The van der Waals surface area contributed by atoms with Crippen molar-refractivity contribution >= 4 is 17.4 Å². The quantitative estimate of drug-likeness (QED) is 0.517. The average molecular weight is 382 g/mol. The predicted octanol–water partition coefficient (Wildman–Crippen LogP) is 3.36. The fraction of sp³-hybridized carbons (Fsp3) is 0.158. The van der Waals surface area contributed by atoms with E-state index in [2.05, 4.69) is 10.4 Å². The van der Waals surface area contributed by atoms with E-state index in [1.807, 2.05) is 0 Å². The summed E-state index contributed by atoms with van der Waals surface area (Å²) in [6.07, 6.45) is 0. The van der Waals surface area contributed by atoms with Crippen molar-refractivity contribution < 1.29 is 19.2 Å². The van der Waals surface area contributed by atoms with Gasteiger partial charge in [-0.1, -0.05) is 0 Å². The molecule has 0 unspecified atom stereocenters. The van der Waals surface area contributed by atoms with Gasteiger partial charge in [0.1, 0.15) is 17.3 Å². The molecule has 0 spiro atoms. The van der Waals surface area contributed by atoms with Gasteiger partial charge in [-0.3, -0.25) is 14.9 Å². The van der Waals surface area contributed by atoms with E-state index >= 15 is 0 Å². The molecular formula is C19H18N4O5. The molecule has 0 saturated carbocycles. The average Bonchev–Trinajstić information content (AvgIpc) is 3.07. The molecule has 9 heteroatoms. The fourth-order valence-electron chi connectivity index (χ4n) is 2.67. The molecule has 1 aromatic heterocycles. The second-order valence-electron chi connectivity index (χ2n) is 5.88. The van der Waals surface area contributed by atoms with Crippen LogP contribution in [0.15, 0.2) is 48.5 Å². The Kier molecular flexibility index (Phi) is 5.25. The third-order valence-corrected chi connectivity index (χ3v) is 4.03. The van der Waals surface area contributed by atoms with Crippen LogP contribution < -0.4 is 14.8 Å². The second kappa shape index (κ2) is 7.78. The van der Waals surface area contributed by atoms with Crippen LogP contribution in [0.4, 0.5) is 11.5 Å². The first-order valence-electron chi connectivity index (χ1n) is 8.28. The summed E-state index contributed by atoms with van der Waals surface area (Å²) in [6, 6.07) is 12.5. The van der Waals surface area contributed by atoms with Gasteiger partial charge in [0, 0.05) is 24.3 Å². The Morgan fingerprint density at radius 2 is 1.82 bits per heavy atom. The summed E-state index contributed by atoms with van der Waals surface area (Å²) < 4.78 is 11.9. The van der Waals surface area contributed by atoms with Gasteiger partial charge in [-0.05, 0) is 31.2 Å². The number of hydrogen-bond donors (Lipinski definition) is 1. The Balaban J connectivity index is 1.91. The first kappa shape index (κ1) is 18.9. The highest BCUT2D eigenvalue weighted by molar-refractivity contribution is 6.06. The molecule has 1 N–H and O–H groups in total. The van der Waals surface area contributed by atoms with E-state index in [1.165, 1.54) is 31.0 Å². The zero-order chi connectivity index (χ0) is 20.3. The summed E-state index contributed by atoms with van der Waals surface area (Å²) in [7, 11) is 3.00. The number of carbonyl (C=O) groups excluding carboxylic acids is 1. The number of nitrogens with one attached hydrogen (secondary N) is 1. The maximum Gasteiger partial charge on any atom is 0.269 e. The number of nitrogens with zero attached hydrogens (tertiary/aromatic N) is 3. The molecule has 0 fully saturated rings. The number of benzene rings is 2. The molecule has 0 bridgehead atoms. The number of methoxy groups -OCH3 is 2. The highest BCUT2D eigenvalue weighted by Crippen LogP contribution is 2.26. The molecule has 2 aromatic carbocycles. The molecule has 3 aromatic rings. The zero-order valence-corrected chi connectivity index (χ0v) is 15.5. The molecule has 1 heterocycles. The molecule has 0 aliphatic carbocycles. The van der Waals surface area contributed by atoms with Gasteiger partial charge in [-0.25, -0.2) is 4.68 Å². The molecular weight excluding hydrogens is 364 g/mol. The maximum absolute atomic E-state index is 12.8. The molecule has 1 amide bonds. The van der Waals surface area contributed by atoms with Gasteiger partial charge in [0.05, 0.1) is 36.1 Å². The Hall–Kier alpha value is -3.88. The fourth-order valence-corrected chi connectivity index (χ4v) is 2.67. The van der Waals surface area contributed by atoms with Crippen LogP contribution in [0.2, 0.25) is 0 Å². The van der Waals surface area contributed by atoms with Crippen LogP contribution in [0.1, 0.15) is 16.1 Å². The maximum atomic E-state index is 12.8. The van der Waals surface area contributed by atoms with Gasteiger partial charge in [0.2, 0.25) is 0 Å². The molecule has 0 saturated heterocycles. The summed E-state index contributed by atoms with van der Waals surface area (Å²) in [5.74, 6) is 0.979. The number of nitro groups is 1. The third kappa shape index (κ3) is 3.78. The molecule has 0 atom stereocenters. The molecule has 0 radical (unpaired) electrons. The number of nitro benzene ring substituents is 1. The summed E-state index contributed by atoms with van der Waals surface area (Å²) in [5, 5.41) is 18.0. The number of hydrogen-bond acceptors (Lipinski definition) is 6. The zero-order valence-electron chi connectivity index (χ0n) is 15.5. The van der Waals surface area contributed by atoms with Gasteiger partial charge < -0.3 is 14.8 Å². The Morgan fingerprint density at radius 1 is 1.11 bits per heavy atom. The second-order valence-corrected chi connectivity index (χ2v) is 5.88. The lowest BCUT2D eigenvalue weighted by molar-refractivity contribution is -0.384. The van der Waals surface area contributed by atoms with Crippen LogP contribution in [0.25, 0.3) is 5.69 Å². The minimum absolute atomic E-state index is 0.0267. The van der Waals surface area contributed by atoms with Crippen molar-refractivity contribution in [1.82, 2.24) is 9.78 Å². The van der Waals surface area contributed by atoms with Crippen LogP contribution in [0.3, 0.4) is 0 Å². The standard InChI is InChI=1S/C19H18N4O5/c1-12-10-18(22(21-12)13-4-6-14(7-5-13)23(25)26)20-19(24)16-9-8-15(27-2)11-17(16)28-3/h4-11H,1-3H3,(H,20,24). The normalized spacial score (nSPS) is 10.4. The highest BCUT2D eigenvalue weighted by atomic mass is 16.6. The largest absolute Gasteiger partial charge is 0.497 e. The Morgan fingerprint density at radius 3 is 2.43 bits per heavy atom. The molecule has 3 rings (SSSR count). The van der Waals surface area contributed by atoms with Crippen molar-refractivity contribution in [2.45, 2.75) is 6.92 Å². The number of aromatic nitrogens is 2. The van der Waals surface area contributed by atoms with Crippen LogP contribution in [0.5, 0.6) is 11.5 Å². The number of carbonyl (C=O) groups is 1. The number of aryl methyl sites for hydroxylation is 1. The predicted molar refractivity (Wildman–Crippen MR) is 102 cm³/mol. The molecule has 9 nitrogen and oxygen atoms in total. The van der Waals surface area contributed by atoms with Crippen molar-refractivity contribution in [3.8, 4) is 17.2 Å². The topological polar surface area (TPSA) is 109 Å². The lowest BCUT2D eigenvalue weighted by atomic mass is 10.1. The van der Waals surface area contributed by atoms with Crippen molar-refractivity contribution in [3.05, 3.63) is 69.9 Å². The van der Waals surface area contributed by atoms with Crippen LogP contribution in [-0.4, -0.2) is 34.8 Å². The smallest absolute Gasteiger partial charge is 0.269 e. The Bertz CT molecular complexity index is 1030. The number of rotatable bonds is 6. The highest BCUT2D eigenvalue weighted by Gasteiger charge is 2.17. The molecule has 0 aliphatic rings. The summed E-state index contributed by atoms with van der Waals surface area (Å²) in [4.78, 5) is 23.1. The van der Waals surface area contributed by atoms with Crippen molar-refractivity contribution in [3.63, 3.8) is 0 Å². The third-order valence-electron chi connectivity index (χ3n) is 4.03. The van der Waals surface area contributed by atoms with Crippen LogP contribution >= 0.6 is 0 Å². The molecule has 144 valence electrons. The van der Waals surface area contributed by atoms with Crippen LogP contribution in [-0.2, 0) is 0 Å². The van der Waals surface area contributed by atoms with Crippen molar-refractivity contribution in [1.29, 1.82) is 0 Å². The summed E-state index contributed by atoms with van der Waals surface area (Å²) in [5.41, 5.74) is 1.56. The van der Waals surface area contributed by atoms with Gasteiger partial charge in [0.25, 0.3) is 11.6 Å². The van der Waals surface area contributed by atoms with E-state index in [0.29, 0.717) is 34.3 Å². The molecule has 28 heavy (non-hydrogen) atoms. The van der Waals surface area contributed by atoms with E-state index in [4.69, 9.17) is 9.47 Å². The van der Waals surface area contributed by atoms with Gasteiger partial charge >= 0.3 is 0 Å². The SMILES string of the molecule is COc1ccc(C(=O)Nc2cc(C)nn2-c2ccc([N+](=O)[O-])cc2)c(OC)c1. The number of amides is 1. The van der Waals surface area contributed by atoms with E-state index < -0.39 is 4.92 Å².